The number of nitrogens with one attached hydrogen (secondary N) is 4. The lowest BCUT2D eigenvalue weighted by Crippen LogP contribution is -2.58. The Labute approximate surface area is 188 Å². The highest BCUT2D eigenvalue weighted by Gasteiger charge is 2.49. The van der Waals surface area contributed by atoms with Crippen LogP contribution in [0.3, 0.4) is 0 Å². The van der Waals surface area contributed by atoms with Crippen LogP contribution in [0, 0.1) is 11.2 Å². The van der Waals surface area contributed by atoms with Gasteiger partial charge in [-0.25, -0.2) is 4.39 Å². The van der Waals surface area contributed by atoms with E-state index in [4.69, 9.17) is 0 Å². The largest absolute Gasteiger partial charge is 0.361 e. The highest BCUT2D eigenvalue weighted by atomic mass is 19.1. The van der Waals surface area contributed by atoms with Crippen LogP contribution in [0.1, 0.15) is 45.6 Å². The first-order valence-electron chi connectivity index (χ1n) is 11.4. The van der Waals surface area contributed by atoms with E-state index in [1.54, 1.807) is 14.0 Å². The summed E-state index contributed by atoms with van der Waals surface area (Å²) in [4.78, 5) is 31.6. The zero-order valence-electron chi connectivity index (χ0n) is 19.5. The molecule has 1 aromatic carbocycles. The lowest BCUT2D eigenvalue weighted by Gasteiger charge is -2.37. The van der Waals surface area contributed by atoms with Gasteiger partial charge in [-0.1, -0.05) is 20.8 Å². The summed E-state index contributed by atoms with van der Waals surface area (Å²) in [5.74, 6) is -0.402. The number of hydrogen-bond acceptors (Lipinski definition) is 4. The molecule has 2 fully saturated rings. The fourth-order valence-corrected chi connectivity index (χ4v) is 5.13. The molecule has 2 aliphatic rings. The number of benzene rings is 1. The molecule has 4 N–H and O–H groups in total. The third kappa shape index (κ3) is 4.01. The lowest BCUT2D eigenvalue weighted by molar-refractivity contribution is -0.140. The molecule has 5 atom stereocenters. The Morgan fingerprint density at radius 3 is 2.72 bits per heavy atom. The monoisotopic (exact) mass is 443 g/mol. The summed E-state index contributed by atoms with van der Waals surface area (Å²) >= 11 is 0. The number of H-pyrrole nitrogens is 1. The first kappa shape index (κ1) is 22.7. The summed E-state index contributed by atoms with van der Waals surface area (Å²) in [5, 5.41) is 10.5. The molecule has 2 aromatic rings. The lowest BCUT2D eigenvalue weighted by atomic mass is 9.84. The Hall–Kier alpha value is -2.45. The summed E-state index contributed by atoms with van der Waals surface area (Å²) in [6.07, 6.45) is 2.82. The second-order valence-electron chi connectivity index (χ2n) is 10.2. The molecule has 1 aromatic heterocycles. The standard InChI is InChI=1S/C24H34FN5O2/c1-13(26-5)22(31)29-21(24(2,3)4)23(32)30-9-8-18-20(30)17(12-27-18)16-11-28-19-10-14(25)6-7-15(16)19/h6-7,10-11,13,17-18,20-21,26-28H,8-9,12H2,1-5H3,(H,29,31)/t13-,17+,18+,20+,21?/m0/s1. The smallest absolute Gasteiger partial charge is 0.246 e. The summed E-state index contributed by atoms with van der Waals surface area (Å²) < 4.78 is 13.7. The maximum atomic E-state index is 13.8. The van der Waals surface area contributed by atoms with Gasteiger partial charge in [-0.3, -0.25) is 9.59 Å². The number of likely N-dealkylation sites (N-methyl/N-ethyl adjacent to an activating group) is 1. The van der Waals surface area contributed by atoms with Gasteiger partial charge in [-0.05, 0) is 49.6 Å². The molecule has 3 heterocycles. The predicted molar refractivity (Wildman–Crippen MR) is 123 cm³/mol. The van der Waals surface area contributed by atoms with Gasteiger partial charge in [0.05, 0.1) is 12.1 Å². The molecule has 0 saturated carbocycles. The Kier molecular flexibility index (Phi) is 6.02. The minimum atomic E-state index is -0.622. The first-order valence-corrected chi connectivity index (χ1v) is 11.4. The van der Waals surface area contributed by atoms with E-state index in [0.717, 1.165) is 29.4 Å². The summed E-state index contributed by atoms with van der Waals surface area (Å²) in [7, 11) is 1.73. The molecule has 1 unspecified atom stereocenters. The van der Waals surface area contributed by atoms with Crippen molar-refractivity contribution in [2.24, 2.45) is 5.41 Å². The molecular formula is C24H34FN5O2. The van der Waals surface area contributed by atoms with Gasteiger partial charge in [-0.2, -0.15) is 0 Å². The van der Waals surface area contributed by atoms with E-state index < -0.39 is 11.5 Å². The van der Waals surface area contributed by atoms with Crippen LogP contribution in [-0.2, 0) is 9.59 Å². The Morgan fingerprint density at radius 2 is 2.03 bits per heavy atom. The van der Waals surface area contributed by atoms with E-state index >= 15 is 0 Å². The topological polar surface area (TPSA) is 89.3 Å². The van der Waals surface area contributed by atoms with Crippen molar-refractivity contribution >= 4 is 22.7 Å². The zero-order chi connectivity index (χ0) is 23.2. The third-order valence-electron chi connectivity index (χ3n) is 7.05. The van der Waals surface area contributed by atoms with Crippen LogP contribution in [0.4, 0.5) is 4.39 Å². The molecule has 0 bridgehead atoms. The predicted octanol–water partition coefficient (Wildman–Crippen LogP) is 2.10. The van der Waals surface area contributed by atoms with Gasteiger partial charge in [-0.15, -0.1) is 0 Å². The summed E-state index contributed by atoms with van der Waals surface area (Å²) in [5.41, 5.74) is 1.43. The van der Waals surface area contributed by atoms with Crippen LogP contribution in [0.5, 0.6) is 0 Å². The zero-order valence-corrected chi connectivity index (χ0v) is 19.5. The molecule has 174 valence electrons. The molecule has 2 aliphatic heterocycles. The van der Waals surface area contributed by atoms with Crippen LogP contribution < -0.4 is 16.0 Å². The molecular weight excluding hydrogens is 409 g/mol. The molecule has 0 spiro atoms. The minimum absolute atomic E-state index is 0.00460. The number of halogens is 1. The molecule has 7 nitrogen and oxygen atoms in total. The van der Waals surface area contributed by atoms with Crippen molar-refractivity contribution in [3.05, 3.63) is 35.8 Å². The number of carbonyl (C=O) groups is 2. The second kappa shape index (κ2) is 8.48. The van der Waals surface area contributed by atoms with Crippen LogP contribution in [0.2, 0.25) is 0 Å². The number of fused-ring (bicyclic) bond motifs is 2. The molecule has 8 heteroatoms. The van der Waals surface area contributed by atoms with Crippen molar-refractivity contribution in [1.29, 1.82) is 0 Å². The van der Waals surface area contributed by atoms with Gasteiger partial charge >= 0.3 is 0 Å². The molecule has 4 rings (SSSR count). The Bertz CT molecular complexity index is 1010. The van der Waals surface area contributed by atoms with Gasteiger partial charge in [0.2, 0.25) is 11.8 Å². The van der Waals surface area contributed by atoms with E-state index in [0.29, 0.717) is 6.54 Å². The van der Waals surface area contributed by atoms with Gasteiger partial charge in [0.25, 0.3) is 0 Å². The molecule has 0 aliphatic carbocycles. The van der Waals surface area contributed by atoms with Crippen molar-refractivity contribution in [1.82, 2.24) is 25.8 Å². The van der Waals surface area contributed by atoms with Crippen LogP contribution in [0.15, 0.2) is 24.4 Å². The number of rotatable bonds is 5. The number of carbonyl (C=O) groups excluding carboxylic acids is 2. The average Bonchev–Trinajstić information content (AvgIpc) is 3.44. The highest BCUT2D eigenvalue weighted by Crippen LogP contribution is 2.39. The van der Waals surface area contributed by atoms with Gasteiger partial charge in [0, 0.05) is 42.1 Å². The van der Waals surface area contributed by atoms with Crippen LogP contribution in [0.25, 0.3) is 10.9 Å². The van der Waals surface area contributed by atoms with Crippen molar-refractivity contribution in [3.63, 3.8) is 0 Å². The van der Waals surface area contributed by atoms with Gasteiger partial charge < -0.3 is 25.8 Å². The fraction of sp³-hybridized carbons (Fsp3) is 0.583. The van der Waals surface area contributed by atoms with Crippen molar-refractivity contribution in [2.45, 2.75) is 64.2 Å². The van der Waals surface area contributed by atoms with E-state index in [2.05, 4.69) is 20.9 Å². The van der Waals surface area contributed by atoms with Crippen molar-refractivity contribution in [2.75, 3.05) is 20.1 Å². The minimum Gasteiger partial charge on any atom is -0.361 e. The molecule has 2 amide bonds. The normalized spacial score (nSPS) is 25.1. The Balaban J connectivity index is 1.62. The van der Waals surface area contributed by atoms with Crippen molar-refractivity contribution < 1.29 is 14.0 Å². The van der Waals surface area contributed by atoms with E-state index in [9.17, 15) is 14.0 Å². The fourth-order valence-electron chi connectivity index (χ4n) is 5.13. The number of hydrogen-bond donors (Lipinski definition) is 4. The van der Waals surface area contributed by atoms with Gasteiger partial charge in [0.15, 0.2) is 0 Å². The number of nitrogens with zero attached hydrogens (tertiary/aromatic N) is 1. The van der Waals surface area contributed by atoms with Crippen LogP contribution >= 0.6 is 0 Å². The quantitative estimate of drug-likeness (QED) is 0.570. The average molecular weight is 444 g/mol. The third-order valence-corrected chi connectivity index (χ3v) is 7.05. The highest BCUT2D eigenvalue weighted by molar-refractivity contribution is 5.91. The Morgan fingerprint density at radius 1 is 1.28 bits per heavy atom. The number of likely N-dealkylation sites (tertiary alicyclic amines) is 1. The molecule has 0 radical (unpaired) electrons. The summed E-state index contributed by atoms with van der Waals surface area (Å²) in [6, 6.07) is 3.99. The van der Waals surface area contributed by atoms with E-state index in [1.807, 2.05) is 37.9 Å². The molecule has 32 heavy (non-hydrogen) atoms. The number of aromatic nitrogens is 1. The maximum Gasteiger partial charge on any atom is 0.246 e. The van der Waals surface area contributed by atoms with Crippen molar-refractivity contribution in [3.8, 4) is 0 Å². The second-order valence-corrected chi connectivity index (χ2v) is 10.2. The number of amides is 2. The molecule has 2 saturated heterocycles. The number of aromatic amines is 1. The van der Waals surface area contributed by atoms with Crippen LogP contribution in [-0.4, -0.2) is 66.0 Å². The summed E-state index contributed by atoms with van der Waals surface area (Å²) in [6.45, 7) is 9.12. The van der Waals surface area contributed by atoms with E-state index in [1.165, 1.54) is 12.1 Å². The van der Waals surface area contributed by atoms with Gasteiger partial charge in [0.1, 0.15) is 11.9 Å². The maximum absolute atomic E-state index is 13.8. The SMILES string of the molecule is CN[C@@H](C)C(=O)NC(C(=O)N1CC[C@H]2NC[C@H](c3c[nH]c4cc(F)ccc34)[C@H]21)C(C)(C)C. The van der Waals surface area contributed by atoms with E-state index in [-0.39, 0.29) is 41.7 Å². The first-order chi connectivity index (χ1) is 15.1.